The maximum absolute atomic E-state index is 13.9. The van der Waals surface area contributed by atoms with Crippen LogP contribution in [0.1, 0.15) is 60.8 Å². The highest BCUT2D eigenvalue weighted by Crippen LogP contribution is 2.66. The third-order valence-corrected chi connectivity index (χ3v) is 8.40. The first-order chi connectivity index (χ1) is 14.7. The van der Waals surface area contributed by atoms with Gasteiger partial charge < -0.3 is 14.6 Å². The van der Waals surface area contributed by atoms with Gasteiger partial charge in [0.15, 0.2) is 11.9 Å². The van der Waals surface area contributed by atoms with Crippen LogP contribution >= 0.6 is 0 Å². The average Bonchev–Trinajstić information content (AvgIpc) is 3.34. The molecule has 4 rings (SSSR count). The molecule has 0 aliphatic heterocycles. The van der Waals surface area contributed by atoms with E-state index in [1.807, 2.05) is 0 Å². The Balaban J connectivity index is 1.98. The molecule has 0 bridgehead atoms. The standard InChI is InChI=1S/C24H30O8/c1-10-9-24(10)20(30)14-15(17(29)21(24)32-12(3)26)23(6)8-7-13(27)22(4,5)19(23)18(16(14)28)31-11(2)25/h10,16,18-19,21,28H,7-9H2,1-6H3/t10-,16+,18-,19+,21+,23-,24-/m1/s1. The van der Waals surface area contributed by atoms with Crippen molar-refractivity contribution in [2.45, 2.75) is 79.1 Å². The van der Waals surface area contributed by atoms with E-state index in [-0.39, 0.29) is 35.7 Å². The second kappa shape index (κ2) is 6.83. The van der Waals surface area contributed by atoms with Gasteiger partial charge in [0.25, 0.3) is 0 Å². The van der Waals surface area contributed by atoms with E-state index in [0.29, 0.717) is 6.42 Å². The van der Waals surface area contributed by atoms with Gasteiger partial charge >= 0.3 is 11.9 Å². The van der Waals surface area contributed by atoms with E-state index in [2.05, 4.69) is 0 Å². The summed E-state index contributed by atoms with van der Waals surface area (Å²) >= 11 is 0. The Hall–Kier alpha value is -2.35. The fourth-order valence-corrected chi connectivity index (χ4v) is 6.85. The summed E-state index contributed by atoms with van der Waals surface area (Å²) in [5.74, 6) is -3.21. The van der Waals surface area contributed by atoms with Crippen LogP contribution in [0.2, 0.25) is 0 Å². The summed E-state index contributed by atoms with van der Waals surface area (Å²) in [6.07, 6.45) is -3.14. The first-order valence-corrected chi connectivity index (χ1v) is 11.1. The lowest BCUT2D eigenvalue weighted by atomic mass is 9.46. The van der Waals surface area contributed by atoms with Crippen LogP contribution in [-0.2, 0) is 33.4 Å². The lowest BCUT2D eigenvalue weighted by molar-refractivity contribution is -0.182. The number of rotatable bonds is 2. The Morgan fingerprint density at radius 3 is 2.09 bits per heavy atom. The topological polar surface area (TPSA) is 124 Å². The molecule has 0 amide bonds. The summed E-state index contributed by atoms with van der Waals surface area (Å²) in [4.78, 5) is 64.3. The number of hydrogen-bond donors (Lipinski definition) is 1. The van der Waals surface area contributed by atoms with Gasteiger partial charge in [-0.05, 0) is 18.8 Å². The van der Waals surface area contributed by atoms with Crippen LogP contribution in [0.4, 0.5) is 0 Å². The van der Waals surface area contributed by atoms with Crippen LogP contribution in [0.5, 0.6) is 0 Å². The lowest BCUT2D eigenvalue weighted by Gasteiger charge is -2.58. The molecule has 7 atom stereocenters. The van der Waals surface area contributed by atoms with E-state index in [1.165, 1.54) is 13.8 Å². The molecule has 1 spiro atoms. The molecule has 0 radical (unpaired) electrons. The van der Waals surface area contributed by atoms with Crippen LogP contribution in [0.3, 0.4) is 0 Å². The third kappa shape index (κ3) is 2.74. The summed E-state index contributed by atoms with van der Waals surface area (Å²) < 4.78 is 11.0. The quantitative estimate of drug-likeness (QED) is 0.636. The third-order valence-electron chi connectivity index (χ3n) is 8.40. The summed E-state index contributed by atoms with van der Waals surface area (Å²) in [5, 5.41) is 11.4. The normalized spacial score (nSPS) is 42.3. The monoisotopic (exact) mass is 446 g/mol. The maximum atomic E-state index is 13.9. The largest absolute Gasteiger partial charge is 0.459 e. The minimum absolute atomic E-state index is 0.0436. The average molecular weight is 446 g/mol. The number of aliphatic hydroxyl groups excluding tert-OH is 1. The summed E-state index contributed by atoms with van der Waals surface area (Å²) in [7, 11) is 0. The van der Waals surface area contributed by atoms with Crippen molar-refractivity contribution in [3.05, 3.63) is 11.1 Å². The number of hydrogen-bond acceptors (Lipinski definition) is 8. The highest BCUT2D eigenvalue weighted by molar-refractivity contribution is 6.20. The smallest absolute Gasteiger partial charge is 0.303 e. The van der Waals surface area contributed by atoms with Crippen molar-refractivity contribution in [3.63, 3.8) is 0 Å². The Bertz CT molecular complexity index is 990. The molecule has 0 aromatic rings. The fraction of sp³-hybridized carbons (Fsp3) is 0.708. The van der Waals surface area contributed by atoms with Gasteiger partial charge in [0.2, 0.25) is 5.78 Å². The molecule has 174 valence electrons. The van der Waals surface area contributed by atoms with Gasteiger partial charge in [-0.2, -0.15) is 0 Å². The maximum Gasteiger partial charge on any atom is 0.303 e. The Morgan fingerprint density at radius 2 is 1.59 bits per heavy atom. The van der Waals surface area contributed by atoms with Gasteiger partial charge in [-0.1, -0.05) is 27.7 Å². The first kappa shape index (κ1) is 22.8. The van der Waals surface area contributed by atoms with E-state index in [1.54, 1.807) is 27.7 Å². The summed E-state index contributed by atoms with van der Waals surface area (Å²) in [6, 6.07) is 0. The summed E-state index contributed by atoms with van der Waals surface area (Å²) in [5.41, 5.74) is -3.16. The van der Waals surface area contributed by atoms with E-state index in [4.69, 9.17) is 9.47 Å². The van der Waals surface area contributed by atoms with Crippen molar-refractivity contribution in [2.24, 2.45) is 28.1 Å². The van der Waals surface area contributed by atoms with Crippen molar-refractivity contribution < 1.29 is 38.6 Å². The van der Waals surface area contributed by atoms with Crippen molar-refractivity contribution in [1.29, 1.82) is 0 Å². The predicted molar refractivity (Wildman–Crippen MR) is 110 cm³/mol. The number of Topliss-reactive ketones (excluding diaryl/α,β-unsaturated/α-hetero) is 3. The molecule has 0 heterocycles. The summed E-state index contributed by atoms with van der Waals surface area (Å²) in [6.45, 7) is 9.43. The number of fused-ring (bicyclic) bond motifs is 2. The van der Waals surface area contributed by atoms with Crippen molar-refractivity contribution in [3.8, 4) is 0 Å². The first-order valence-electron chi connectivity index (χ1n) is 11.1. The van der Waals surface area contributed by atoms with E-state index >= 15 is 0 Å². The van der Waals surface area contributed by atoms with Crippen molar-refractivity contribution in [2.75, 3.05) is 0 Å². The Kier molecular flexibility index (Phi) is 4.87. The van der Waals surface area contributed by atoms with E-state index in [9.17, 15) is 29.1 Å². The molecule has 0 saturated heterocycles. The molecule has 4 aliphatic rings. The zero-order chi connectivity index (χ0) is 24.0. The molecular formula is C24H30O8. The molecule has 0 aromatic carbocycles. The van der Waals surface area contributed by atoms with Gasteiger partial charge in [0.1, 0.15) is 18.0 Å². The number of carbonyl (C=O) groups is 5. The molecule has 32 heavy (non-hydrogen) atoms. The number of ketones is 3. The number of ether oxygens (including phenoxy) is 2. The second-order valence-electron chi connectivity index (χ2n) is 10.7. The lowest BCUT2D eigenvalue weighted by Crippen LogP contribution is -2.65. The Morgan fingerprint density at radius 1 is 1.03 bits per heavy atom. The van der Waals surface area contributed by atoms with Gasteiger partial charge in [-0.15, -0.1) is 0 Å². The number of carbonyl (C=O) groups excluding carboxylic acids is 5. The van der Waals surface area contributed by atoms with Gasteiger partial charge in [-0.25, -0.2) is 0 Å². The van der Waals surface area contributed by atoms with Gasteiger partial charge in [-0.3, -0.25) is 24.0 Å². The minimum Gasteiger partial charge on any atom is -0.459 e. The van der Waals surface area contributed by atoms with Crippen LogP contribution in [-0.4, -0.2) is 52.7 Å². The second-order valence-corrected chi connectivity index (χ2v) is 10.7. The molecule has 0 aromatic heterocycles. The fourth-order valence-electron chi connectivity index (χ4n) is 6.85. The highest BCUT2D eigenvalue weighted by atomic mass is 16.6. The highest BCUT2D eigenvalue weighted by Gasteiger charge is 2.74. The van der Waals surface area contributed by atoms with Crippen LogP contribution < -0.4 is 0 Å². The van der Waals surface area contributed by atoms with Crippen molar-refractivity contribution in [1.82, 2.24) is 0 Å². The molecule has 8 nitrogen and oxygen atoms in total. The van der Waals surface area contributed by atoms with Gasteiger partial charge in [0, 0.05) is 48.2 Å². The SMILES string of the molecule is CC(=O)O[C@@H]1[C@@H](O)C2=C(C(=O)[C@H](OC(C)=O)[C@@]3(C[C@H]3C)C2=O)[C@@]2(C)CCC(=O)C(C)(C)[C@H]12. The zero-order valence-electron chi connectivity index (χ0n) is 19.3. The molecule has 2 saturated carbocycles. The minimum atomic E-state index is -1.54. The predicted octanol–water partition coefficient (Wildman–Crippen LogP) is 1.71. The molecule has 8 heteroatoms. The molecule has 0 unspecified atom stereocenters. The molecule has 4 aliphatic carbocycles. The number of esters is 2. The molecule has 2 fully saturated rings. The van der Waals surface area contributed by atoms with Crippen LogP contribution in [0.25, 0.3) is 0 Å². The number of aliphatic hydroxyl groups is 1. The van der Waals surface area contributed by atoms with Crippen LogP contribution in [0, 0.1) is 28.1 Å². The molecule has 1 N–H and O–H groups in total. The molecular weight excluding hydrogens is 416 g/mol. The zero-order valence-corrected chi connectivity index (χ0v) is 19.3. The van der Waals surface area contributed by atoms with E-state index in [0.717, 1.165) is 0 Å². The van der Waals surface area contributed by atoms with Crippen molar-refractivity contribution >= 4 is 29.3 Å². The van der Waals surface area contributed by atoms with E-state index < -0.39 is 64.0 Å². The van der Waals surface area contributed by atoms with Gasteiger partial charge in [0.05, 0.1) is 5.41 Å². The van der Waals surface area contributed by atoms with Crippen LogP contribution in [0.15, 0.2) is 11.1 Å². The Labute approximate surface area is 186 Å².